The third-order valence-electron chi connectivity index (χ3n) is 4.56. The van der Waals surface area contributed by atoms with Crippen molar-refractivity contribution < 1.29 is 5.11 Å². The van der Waals surface area contributed by atoms with Gasteiger partial charge in [0.2, 0.25) is 5.95 Å². The van der Waals surface area contributed by atoms with Crippen LogP contribution in [0.2, 0.25) is 5.02 Å². The predicted molar refractivity (Wildman–Crippen MR) is 115 cm³/mol. The first kappa shape index (κ1) is 19.2. The summed E-state index contributed by atoms with van der Waals surface area (Å²) >= 11 is 6.29. The molecule has 2 aromatic heterocycles. The molecule has 9 heteroatoms. The fourth-order valence-electron chi connectivity index (χ4n) is 3.17. The van der Waals surface area contributed by atoms with Gasteiger partial charge in [-0.15, -0.1) is 0 Å². The van der Waals surface area contributed by atoms with Gasteiger partial charge in [-0.05, 0) is 17.0 Å². The zero-order chi connectivity index (χ0) is 21.3. The van der Waals surface area contributed by atoms with Crippen LogP contribution in [-0.2, 0) is 6.54 Å². The maximum Gasteiger partial charge on any atom is 0.224 e. The number of halogens is 1. The van der Waals surface area contributed by atoms with Gasteiger partial charge in [-0.3, -0.25) is 0 Å². The van der Waals surface area contributed by atoms with Gasteiger partial charge in [0.15, 0.2) is 5.82 Å². The number of pyridine rings is 1. The molecule has 2 heterocycles. The van der Waals surface area contributed by atoms with Crippen molar-refractivity contribution in [3.8, 4) is 23.1 Å². The summed E-state index contributed by atoms with van der Waals surface area (Å²) in [6, 6.07) is 16.3. The van der Waals surface area contributed by atoms with Crippen LogP contribution in [0.5, 0.6) is 5.75 Å². The molecule has 0 aliphatic heterocycles. The highest BCUT2D eigenvalue weighted by Crippen LogP contribution is 2.36. The molecule has 0 aliphatic rings. The number of fused-ring (bicyclic) bond motifs is 1. The van der Waals surface area contributed by atoms with E-state index in [4.69, 9.17) is 23.1 Å². The largest absolute Gasteiger partial charge is 0.872 e. The molecule has 30 heavy (non-hydrogen) atoms. The van der Waals surface area contributed by atoms with E-state index in [9.17, 15) is 10.4 Å². The average molecular weight is 417 g/mol. The molecule has 0 radical (unpaired) electrons. The smallest absolute Gasteiger partial charge is 0.224 e. The standard InChI is InChI=1S/C21H16ClN7O/c22-15-8-4-7-12-17(15)27-16(11-5-2-1-3-6-11)14(18(12)30)10-26-20-13(9-23)19(24)28-21(25)29-20/h1-8H,10H2,(H,27,30)(H5,24,25,26,28,29)/p-1. The number of rotatable bonds is 4. The minimum Gasteiger partial charge on any atom is -0.872 e. The Morgan fingerprint density at radius 2 is 1.80 bits per heavy atom. The van der Waals surface area contributed by atoms with Gasteiger partial charge >= 0.3 is 0 Å². The van der Waals surface area contributed by atoms with Crippen molar-refractivity contribution in [2.24, 2.45) is 0 Å². The zero-order valence-corrected chi connectivity index (χ0v) is 16.3. The maximum absolute atomic E-state index is 13.3. The van der Waals surface area contributed by atoms with Crippen molar-refractivity contribution in [3.05, 3.63) is 64.7 Å². The van der Waals surface area contributed by atoms with E-state index in [1.54, 1.807) is 18.2 Å². The highest BCUT2D eigenvalue weighted by Gasteiger charge is 2.16. The minimum absolute atomic E-state index is 0.0402. The van der Waals surface area contributed by atoms with E-state index < -0.39 is 0 Å². The molecule has 8 nitrogen and oxygen atoms in total. The van der Waals surface area contributed by atoms with Gasteiger partial charge in [-0.2, -0.15) is 15.2 Å². The summed E-state index contributed by atoms with van der Waals surface area (Å²) in [5.74, 6) is -0.195. The van der Waals surface area contributed by atoms with E-state index in [-0.39, 0.29) is 35.4 Å². The molecule has 4 aromatic rings. The number of aromatic nitrogens is 3. The molecule has 0 saturated heterocycles. The quantitative estimate of drug-likeness (QED) is 0.459. The normalized spacial score (nSPS) is 10.7. The summed E-state index contributed by atoms with van der Waals surface area (Å²) in [4.78, 5) is 12.5. The Morgan fingerprint density at radius 3 is 2.53 bits per heavy atom. The van der Waals surface area contributed by atoms with E-state index in [2.05, 4.69) is 20.3 Å². The lowest BCUT2D eigenvalue weighted by Gasteiger charge is -2.22. The van der Waals surface area contributed by atoms with Crippen LogP contribution in [0.15, 0.2) is 48.5 Å². The highest BCUT2D eigenvalue weighted by molar-refractivity contribution is 6.35. The van der Waals surface area contributed by atoms with Crippen LogP contribution in [0.3, 0.4) is 0 Å². The first-order chi connectivity index (χ1) is 14.5. The second-order valence-corrected chi connectivity index (χ2v) is 6.83. The molecule has 0 fully saturated rings. The molecule has 148 valence electrons. The molecule has 0 bridgehead atoms. The number of anilines is 3. The van der Waals surface area contributed by atoms with Gasteiger partial charge in [-0.1, -0.05) is 59.8 Å². The Hall–Kier alpha value is -4.09. The number of nitriles is 1. The molecule has 0 atom stereocenters. The van der Waals surface area contributed by atoms with Crippen molar-refractivity contribution >= 4 is 40.1 Å². The van der Waals surface area contributed by atoms with E-state index in [1.165, 1.54) is 0 Å². The summed E-state index contributed by atoms with van der Waals surface area (Å²) < 4.78 is 0. The Kier molecular flexibility index (Phi) is 4.96. The second kappa shape index (κ2) is 7.73. The molecule has 5 N–H and O–H groups in total. The van der Waals surface area contributed by atoms with Gasteiger partial charge < -0.3 is 21.9 Å². The van der Waals surface area contributed by atoms with Crippen molar-refractivity contribution in [1.29, 1.82) is 5.26 Å². The van der Waals surface area contributed by atoms with E-state index in [0.29, 0.717) is 27.2 Å². The monoisotopic (exact) mass is 416 g/mol. The number of para-hydroxylation sites is 1. The third-order valence-corrected chi connectivity index (χ3v) is 4.87. The molecular weight excluding hydrogens is 402 g/mol. The number of benzene rings is 2. The van der Waals surface area contributed by atoms with Crippen LogP contribution in [0.1, 0.15) is 11.1 Å². The molecule has 0 unspecified atom stereocenters. The Balaban J connectivity index is 1.87. The number of nitrogen functional groups attached to an aromatic ring is 2. The summed E-state index contributed by atoms with van der Waals surface area (Å²) in [5, 5.41) is 26.4. The lowest BCUT2D eigenvalue weighted by atomic mass is 10.0. The summed E-state index contributed by atoms with van der Waals surface area (Å²) in [6.07, 6.45) is 0. The van der Waals surface area contributed by atoms with Gasteiger partial charge in [0, 0.05) is 12.1 Å². The fourth-order valence-corrected chi connectivity index (χ4v) is 3.38. The Bertz CT molecular complexity index is 1300. The van der Waals surface area contributed by atoms with Crippen molar-refractivity contribution in [1.82, 2.24) is 15.0 Å². The highest BCUT2D eigenvalue weighted by atomic mass is 35.5. The van der Waals surface area contributed by atoms with Crippen LogP contribution in [0.25, 0.3) is 22.2 Å². The first-order valence-electron chi connectivity index (χ1n) is 8.90. The molecule has 0 spiro atoms. The maximum atomic E-state index is 13.3. The topological polar surface area (TPSA) is 150 Å². The third kappa shape index (κ3) is 3.38. The van der Waals surface area contributed by atoms with Crippen LogP contribution in [0, 0.1) is 11.3 Å². The van der Waals surface area contributed by atoms with E-state index >= 15 is 0 Å². The summed E-state index contributed by atoms with van der Waals surface area (Å²) in [5.41, 5.74) is 13.5. The van der Waals surface area contributed by atoms with Gasteiger partial charge in [0.05, 0.1) is 16.2 Å². The number of nitrogens with one attached hydrogen (secondary N) is 1. The van der Waals surface area contributed by atoms with Gasteiger partial charge in [0.25, 0.3) is 0 Å². The number of hydrogen-bond acceptors (Lipinski definition) is 8. The van der Waals surface area contributed by atoms with Crippen LogP contribution >= 0.6 is 11.6 Å². The van der Waals surface area contributed by atoms with E-state index in [0.717, 1.165) is 5.56 Å². The predicted octanol–water partition coefficient (Wildman–Crippen LogP) is 3.07. The van der Waals surface area contributed by atoms with Crippen molar-refractivity contribution in [3.63, 3.8) is 0 Å². The van der Waals surface area contributed by atoms with Gasteiger partial charge in [-0.25, -0.2) is 4.98 Å². The lowest BCUT2D eigenvalue weighted by Crippen LogP contribution is -2.12. The van der Waals surface area contributed by atoms with E-state index in [1.807, 2.05) is 36.4 Å². The number of hydrogen-bond donors (Lipinski definition) is 3. The molecule has 0 amide bonds. The number of nitrogens with two attached hydrogens (primary N) is 2. The summed E-state index contributed by atoms with van der Waals surface area (Å²) in [6.45, 7) is 0.0447. The average Bonchev–Trinajstić information content (AvgIpc) is 2.74. The molecule has 0 aliphatic carbocycles. The van der Waals surface area contributed by atoms with Crippen molar-refractivity contribution in [2.75, 3.05) is 16.8 Å². The first-order valence-corrected chi connectivity index (χ1v) is 9.28. The molecular formula is C21H15ClN7O-. The zero-order valence-electron chi connectivity index (χ0n) is 15.6. The minimum atomic E-state index is -0.220. The molecule has 4 rings (SSSR count). The second-order valence-electron chi connectivity index (χ2n) is 6.43. The summed E-state index contributed by atoms with van der Waals surface area (Å²) in [7, 11) is 0. The van der Waals surface area contributed by atoms with Crippen LogP contribution < -0.4 is 21.9 Å². The Morgan fingerprint density at radius 1 is 1.03 bits per heavy atom. The van der Waals surface area contributed by atoms with Crippen LogP contribution in [0.4, 0.5) is 17.6 Å². The molecule has 2 aromatic carbocycles. The van der Waals surface area contributed by atoms with Gasteiger partial charge in [0.1, 0.15) is 17.5 Å². The lowest BCUT2D eigenvalue weighted by molar-refractivity contribution is -0.266. The SMILES string of the molecule is N#Cc1c(N)nc(N)nc1NCc1c(-c2ccccc2)nc2c(Cl)cccc2c1[O-]. The Labute approximate surface area is 176 Å². The fraction of sp³-hybridized carbons (Fsp3) is 0.0476. The van der Waals surface area contributed by atoms with Crippen molar-refractivity contribution in [2.45, 2.75) is 6.54 Å². The molecule has 0 saturated carbocycles. The van der Waals surface area contributed by atoms with Crippen LogP contribution in [-0.4, -0.2) is 15.0 Å². The number of nitrogens with zero attached hydrogens (tertiary/aromatic N) is 4.